The average Bonchev–Trinajstić information content (AvgIpc) is 3.19. The molecule has 2 unspecified atom stereocenters. The molecule has 10 heteroatoms. The van der Waals surface area contributed by atoms with Crippen molar-refractivity contribution >= 4 is 17.8 Å². The molecule has 2 aromatic carbocycles. The number of halogens is 1. The fourth-order valence-corrected chi connectivity index (χ4v) is 3.11. The van der Waals surface area contributed by atoms with Gasteiger partial charge in [-0.25, -0.2) is 14.0 Å². The summed E-state index contributed by atoms with van der Waals surface area (Å²) in [6, 6.07) is 13.9. The van der Waals surface area contributed by atoms with E-state index in [0.29, 0.717) is 11.1 Å². The summed E-state index contributed by atoms with van der Waals surface area (Å²) in [6.45, 7) is -0.0274. The number of carbonyl (C=O) groups excluding carboxylic acids is 1. The molecule has 0 saturated carbocycles. The number of rotatable bonds is 9. The van der Waals surface area contributed by atoms with Gasteiger partial charge in [0.15, 0.2) is 11.8 Å². The predicted octanol–water partition coefficient (Wildman–Crippen LogP) is 1.56. The molecule has 0 saturated heterocycles. The fourth-order valence-electron chi connectivity index (χ4n) is 3.11. The van der Waals surface area contributed by atoms with Crippen LogP contribution in [0.2, 0.25) is 0 Å². The number of aliphatic hydroxyl groups excluding tert-OH is 1. The van der Waals surface area contributed by atoms with E-state index >= 15 is 0 Å². The first-order valence-corrected chi connectivity index (χ1v) is 9.56. The van der Waals surface area contributed by atoms with Crippen LogP contribution in [0.4, 0.5) is 4.39 Å². The van der Waals surface area contributed by atoms with Gasteiger partial charge in [0.05, 0.1) is 12.6 Å². The average molecular weight is 441 g/mol. The maximum absolute atomic E-state index is 13.1. The van der Waals surface area contributed by atoms with Crippen LogP contribution >= 0.6 is 0 Å². The molecular formula is C22H20FN3O6. The van der Waals surface area contributed by atoms with Crippen molar-refractivity contribution in [2.75, 3.05) is 0 Å². The number of benzene rings is 2. The molecule has 0 aliphatic rings. The van der Waals surface area contributed by atoms with Crippen LogP contribution in [0, 0.1) is 5.82 Å². The molecule has 0 bridgehead atoms. The fraction of sp³-hybridized carbons (Fsp3) is 0.182. The molecule has 1 amide bonds. The van der Waals surface area contributed by atoms with Crippen LogP contribution in [0.25, 0.3) is 0 Å². The van der Waals surface area contributed by atoms with Crippen LogP contribution in [0.5, 0.6) is 0 Å². The van der Waals surface area contributed by atoms with Gasteiger partial charge in [-0.1, -0.05) is 42.5 Å². The second kappa shape index (κ2) is 9.84. The monoisotopic (exact) mass is 441 g/mol. The molecular weight excluding hydrogens is 421 g/mol. The van der Waals surface area contributed by atoms with Crippen molar-refractivity contribution in [1.82, 2.24) is 15.1 Å². The highest BCUT2D eigenvalue weighted by molar-refractivity contribution is 5.96. The third kappa shape index (κ3) is 5.55. The summed E-state index contributed by atoms with van der Waals surface area (Å²) >= 11 is 0. The van der Waals surface area contributed by atoms with Gasteiger partial charge in [0.1, 0.15) is 11.5 Å². The van der Waals surface area contributed by atoms with Gasteiger partial charge in [0.2, 0.25) is 0 Å². The Hall–Kier alpha value is -4.05. The number of aliphatic carboxylic acids is 1. The molecule has 0 fully saturated rings. The van der Waals surface area contributed by atoms with E-state index in [-0.39, 0.29) is 24.4 Å². The standard InChI is InChI=1S/C22H20FN3O6/c23-15-8-6-14(7-9-15)12-26-18(21(29)30)11-17(25-26)20(28)24-16(19(27)22(31)32)10-13-4-2-1-3-5-13/h1-9,11,16,19,27H,10,12H2,(H,24,28)(H,29,30)(H,31,32). The van der Waals surface area contributed by atoms with Gasteiger partial charge in [0, 0.05) is 6.07 Å². The highest BCUT2D eigenvalue weighted by Crippen LogP contribution is 2.12. The van der Waals surface area contributed by atoms with Crippen LogP contribution in [0.1, 0.15) is 32.1 Å². The lowest BCUT2D eigenvalue weighted by Crippen LogP contribution is -2.48. The Bertz CT molecular complexity index is 1110. The van der Waals surface area contributed by atoms with Crippen molar-refractivity contribution in [3.63, 3.8) is 0 Å². The van der Waals surface area contributed by atoms with Crippen LogP contribution in [-0.2, 0) is 17.8 Å². The van der Waals surface area contributed by atoms with Gasteiger partial charge < -0.3 is 20.6 Å². The number of nitrogens with zero attached hydrogens (tertiary/aromatic N) is 2. The minimum atomic E-state index is -1.89. The molecule has 1 aromatic heterocycles. The number of aromatic carboxylic acids is 1. The number of aliphatic hydroxyl groups is 1. The van der Waals surface area contributed by atoms with E-state index < -0.39 is 35.8 Å². The van der Waals surface area contributed by atoms with Crippen molar-refractivity contribution in [1.29, 1.82) is 0 Å². The minimum absolute atomic E-state index is 0.0274. The van der Waals surface area contributed by atoms with Crippen molar-refractivity contribution in [2.45, 2.75) is 25.1 Å². The Morgan fingerprint density at radius 2 is 1.66 bits per heavy atom. The Morgan fingerprint density at radius 1 is 1.00 bits per heavy atom. The van der Waals surface area contributed by atoms with Crippen molar-refractivity contribution < 1.29 is 34.1 Å². The number of carboxylic acid groups (broad SMARTS) is 2. The molecule has 0 aliphatic heterocycles. The van der Waals surface area contributed by atoms with Gasteiger partial charge in [-0.05, 0) is 29.7 Å². The molecule has 3 aromatic rings. The van der Waals surface area contributed by atoms with Crippen LogP contribution in [-0.4, -0.2) is 55.1 Å². The Labute approximate surface area is 181 Å². The van der Waals surface area contributed by atoms with Crippen LogP contribution in [0.15, 0.2) is 60.7 Å². The Morgan fingerprint density at radius 3 is 2.25 bits per heavy atom. The molecule has 0 radical (unpaired) electrons. The van der Waals surface area contributed by atoms with Gasteiger partial charge in [-0.15, -0.1) is 0 Å². The number of amides is 1. The largest absolute Gasteiger partial charge is 0.479 e. The van der Waals surface area contributed by atoms with E-state index in [0.717, 1.165) is 10.7 Å². The second-order valence-electron chi connectivity index (χ2n) is 7.06. The van der Waals surface area contributed by atoms with E-state index in [1.807, 2.05) is 0 Å². The first kappa shape index (κ1) is 22.6. The smallest absolute Gasteiger partial charge is 0.354 e. The van der Waals surface area contributed by atoms with Crippen molar-refractivity contribution in [3.05, 3.63) is 89.0 Å². The normalized spacial score (nSPS) is 12.7. The maximum atomic E-state index is 13.1. The Kier molecular flexibility index (Phi) is 6.96. The summed E-state index contributed by atoms with van der Waals surface area (Å²) in [6.07, 6.45) is -1.86. The summed E-state index contributed by atoms with van der Waals surface area (Å²) in [5, 5.41) is 35.1. The molecule has 2 atom stereocenters. The zero-order valence-electron chi connectivity index (χ0n) is 16.7. The second-order valence-corrected chi connectivity index (χ2v) is 7.06. The third-order valence-corrected chi connectivity index (χ3v) is 4.73. The number of nitrogens with one attached hydrogen (secondary N) is 1. The van der Waals surface area contributed by atoms with E-state index in [1.165, 1.54) is 24.3 Å². The lowest BCUT2D eigenvalue weighted by Gasteiger charge is -2.21. The van der Waals surface area contributed by atoms with Crippen molar-refractivity contribution in [2.24, 2.45) is 0 Å². The molecule has 0 spiro atoms. The molecule has 3 rings (SSSR count). The molecule has 166 valence electrons. The lowest BCUT2D eigenvalue weighted by atomic mass is 10.0. The number of hydrogen-bond acceptors (Lipinski definition) is 5. The topological polar surface area (TPSA) is 142 Å². The Balaban J connectivity index is 1.83. The van der Waals surface area contributed by atoms with Gasteiger partial charge in [-0.3, -0.25) is 9.48 Å². The highest BCUT2D eigenvalue weighted by Gasteiger charge is 2.29. The summed E-state index contributed by atoms with van der Waals surface area (Å²) in [7, 11) is 0. The summed E-state index contributed by atoms with van der Waals surface area (Å²) in [5.41, 5.74) is 0.705. The molecule has 1 heterocycles. The summed E-state index contributed by atoms with van der Waals surface area (Å²) < 4.78 is 14.2. The number of hydrogen-bond donors (Lipinski definition) is 4. The molecule has 4 N–H and O–H groups in total. The van der Waals surface area contributed by atoms with Gasteiger partial charge >= 0.3 is 11.9 Å². The maximum Gasteiger partial charge on any atom is 0.354 e. The van der Waals surface area contributed by atoms with Gasteiger partial charge in [0.25, 0.3) is 5.91 Å². The van der Waals surface area contributed by atoms with Crippen LogP contribution < -0.4 is 5.32 Å². The van der Waals surface area contributed by atoms with E-state index in [2.05, 4.69) is 10.4 Å². The van der Waals surface area contributed by atoms with Gasteiger partial charge in [-0.2, -0.15) is 5.10 Å². The first-order chi connectivity index (χ1) is 15.2. The third-order valence-electron chi connectivity index (χ3n) is 4.73. The molecule has 0 aliphatic carbocycles. The van der Waals surface area contributed by atoms with Crippen LogP contribution in [0.3, 0.4) is 0 Å². The number of aromatic nitrogens is 2. The van der Waals surface area contributed by atoms with E-state index in [4.69, 9.17) is 0 Å². The van der Waals surface area contributed by atoms with Crippen molar-refractivity contribution in [3.8, 4) is 0 Å². The lowest BCUT2D eigenvalue weighted by molar-refractivity contribution is -0.148. The zero-order valence-corrected chi connectivity index (χ0v) is 16.7. The zero-order chi connectivity index (χ0) is 23.3. The minimum Gasteiger partial charge on any atom is -0.479 e. The molecule has 9 nitrogen and oxygen atoms in total. The first-order valence-electron chi connectivity index (χ1n) is 9.56. The predicted molar refractivity (Wildman–Crippen MR) is 110 cm³/mol. The number of carboxylic acids is 2. The summed E-state index contributed by atoms with van der Waals surface area (Å²) in [5.74, 6) is -4.13. The van der Waals surface area contributed by atoms with E-state index in [9.17, 15) is 34.1 Å². The summed E-state index contributed by atoms with van der Waals surface area (Å²) in [4.78, 5) is 35.6. The highest BCUT2D eigenvalue weighted by atomic mass is 19.1. The molecule has 32 heavy (non-hydrogen) atoms. The SMILES string of the molecule is O=C(NC(Cc1ccccc1)C(O)C(=O)O)c1cc(C(=O)O)n(Cc2ccc(F)cc2)n1. The van der Waals surface area contributed by atoms with E-state index in [1.54, 1.807) is 30.3 Å². The quantitative estimate of drug-likeness (QED) is 0.395. The number of carbonyl (C=O) groups is 3.